The van der Waals surface area contributed by atoms with E-state index < -0.39 is 30.6 Å². The molecule has 0 unspecified atom stereocenters. The Morgan fingerprint density at radius 3 is 2.90 bits per heavy atom. The lowest BCUT2D eigenvalue weighted by atomic mass is 9.96. The maximum Gasteiger partial charge on any atom is 0.221 e. The fourth-order valence-corrected chi connectivity index (χ4v) is 2.81. The van der Waals surface area contributed by atoms with Crippen LogP contribution in [0.5, 0.6) is 0 Å². The molecule has 1 saturated heterocycles. The number of aliphatic hydroxyl groups excluding tert-OH is 2. The van der Waals surface area contributed by atoms with Crippen LogP contribution >= 0.6 is 11.6 Å². The molecule has 1 fully saturated rings. The molecule has 114 valence electrons. The fraction of sp³-hybridized carbons (Fsp3) is 0.500. The van der Waals surface area contributed by atoms with E-state index in [4.69, 9.17) is 22.1 Å². The number of nitrogens with zero attached hydrogens (tertiary/aromatic N) is 3. The number of nitrogens with two attached hydrogens (primary N) is 1. The van der Waals surface area contributed by atoms with Gasteiger partial charge < -0.3 is 30.4 Å². The second-order valence-electron chi connectivity index (χ2n) is 5.23. The minimum atomic E-state index is -1.62. The molecule has 1 aliphatic heterocycles. The zero-order chi connectivity index (χ0) is 15.4. The quantitative estimate of drug-likeness (QED) is 0.597. The summed E-state index contributed by atoms with van der Waals surface area (Å²) < 4.78 is 7.02. The molecular weight excluding hydrogens is 300 g/mol. The van der Waals surface area contributed by atoms with Crippen molar-refractivity contribution in [2.24, 2.45) is 0 Å². The highest BCUT2D eigenvalue weighted by Crippen LogP contribution is 2.40. The van der Waals surface area contributed by atoms with Crippen molar-refractivity contribution >= 4 is 28.6 Å². The molecule has 8 nitrogen and oxygen atoms in total. The standard InChI is InChI=1S/C12H15ClN4O4/c1-12(20)8(19)7(4-18)21-10(12)17-3-6(13)5-2-15-11(14)16-9(5)17/h2-3,7-8,10,18-20H,4H2,1H3,(H2,14,15,16)/t7-,8-,10-,12-/m1/s1. The minimum Gasteiger partial charge on any atom is -0.394 e. The molecule has 2 aromatic rings. The average molecular weight is 315 g/mol. The summed E-state index contributed by atoms with van der Waals surface area (Å²) in [7, 11) is 0. The largest absolute Gasteiger partial charge is 0.394 e. The number of hydrogen-bond donors (Lipinski definition) is 4. The van der Waals surface area contributed by atoms with E-state index in [1.54, 1.807) is 0 Å². The van der Waals surface area contributed by atoms with E-state index in [0.29, 0.717) is 16.1 Å². The molecule has 0 radical (unpaired) electrons. The monoisotopic (exact) mass is 314 g/mol. The van der Waals surface area contributed by atoms with Crippen LogP contribution in [-0.4, -0.2) is 54.3 Å². The fourth-order valence-electron chi connectivity index (χ4n) is 2.57. The lowest BCUT2D eigenvalue weighted by Crippen LogP contribution is -2.44. The van der Waals surface area contributed by atoms with Crippen molar-refractivity contribution in [3.8, 4) is 0 Å². The predicted molar refractivity (Wildman–Crippen MR) is 74.6 cm³/mol. The number of rotatable bonds is 2. The number of fused-ring (bicyclic) bond motifs is 1. The zero-order valence-electron chi connectivity index (χ0n) is 11.1. The number of ether oxygens (including phenoxy) is 1. The SMILES string of the molecule is C[C@@]1(O)[C@H](O)[C@@H](CO)O[C@H]1n1cc(Cl)c2cnc(N)nc21. The van der Waals surface area contributed by atoms with Gasteiger partial charge >= 0.3 is 0 Å². The normalized spacial score (nSPS) is 32.9. The summed E-state index contributed by atoms with van der Waals surface area (Å²) in [5.41, 5.74) is 4.33. The first-order chi connectivity index (χ1) is 9.86. The van der Waals surface area contributed by atoms with Crippen LogP contribution < -0.4 is 5.73 Å². The Hall–Kier alpha value is -1.45. The lowest BCUT2D eigenvalue weighted by molar-refractivity contribution is -0.0948. The first kappa shape index (κ1) is 14.5. The summed E-state index contributed by atoms with van der Waals surface area (Å²) >= 11 is 6.12. The van der Waals surface area contributed by atoms with Gasteiger partial charge in [0.15, 0.2) is 6.23 Å². The van der Waals surface area contributed by atoms with Gasteiger partial charge in [-0.15, -0.1) is 0 Å². The molecule has 0 bridgehead atoms. The van der Waals surface area contributed by atoms with Crippen molar-refractivity contribution in [1.29, 1.82) is 0 Å². The topological polar surface area (TPSA) is 127 Å². The van der Waals surface area contributed by atoms with Crippen molar-refractivity contribution in [3.63, 3.8) is 0 Å². The lowest BCUT2D eigenvalue weighted by Gasteiger charge is -2.27. The van der Waals surface area contributed by atoms with Crippen molar-refractivity contribution in [2.45, 2.75) is 31.0 Å². The first-order valence-corrected chi connectivity index (χ1v) is 6.69. The smallest absolute Gasteiger partial charge is 0.221 e. The Balaban J connectivity index is 2.14. The van der Waals surface area contributed by atoms with Gasteiger partial charge in [0, 0.05) is 12.4 Å². The van der Waals surface area contributed by atoms with E-state index in [0.717, 1.165) is 0 Å². The summed E-state index contributed by atoms with van der Waals surface area (Å²) in [5, 5.41) is 30.7. The Kier molecular flexibility index (Phi) is 3.30. The number of aliphatic hydroxyl groups is 3. The highest BCUT2D eigenvalue weighted by molar-refractivity contribution is 6.35. The molecule has 1 aliphatic rings. The third kappa shape index (κ3) is 2.07. The third-order valence-corrected chi connectivity index (χ3v) is 4.03. The Bertz CT molecular complexity index is 689. The van der Waals surface area contributed by atoms with E-state index in [1.807, 2.05) is 0 Å². The Labute approximate surface area is 124 Å². The highest BCUT2D eigenvalue weighted by Gasteiger charge is 2.53. The average Bonchev–Trinajstić information content (AvgIpc) is 2.86. The molecule has 0 aliphatic carbocycles. The molecule has 5 N–H and O–H groups in total. The first-order valence-electron chi connectivity index (χ1n) is 6.31. The zero-order valence-corrected chi connectivity index (χ0v) is 11.9. The minimum absolute atomic E-state index is 0.0513. The summed E-state index contributed by atoms with van der Waals surface area (Å²) in [6.07, 6.45) is -0.122. The summed E-state index contributed by atoms with van der Waals surface area (Å²) in [5.74, 6) is 0.0513. The molecule has 0 saturated carbocycles. The van der Waals surface area contributed by atoms with Gasteiger partial charge in [-0.2, -0.15) is 4.98 Å². The molecule has 3 rings (SSSR count). The van der Waals surface area contributed by atoms with Gasteiger partial charge in [-0.25, -0.2) is 4.98 Å². The van der Waals surface area contributed by atoms with Crippen LogP contribution in [0, 0.1) is 0 Å². The molecule has 0 spiro atoms. The van der Waals surface area contributed by atoms with Gasteiger partial charge in [-0.1, -0.05) is 11.6 Å². The maximum absolute atomic E-state index is 10.5. The molecule has 21 heavy (non-hydrogen) atoms. The number of anilines is 1. The molecule has 2 aromatic heterocycles. The highest BCUT2D eigenvalue weighted by atomic mass is 35.5. The van der Waals surface area contributed by atoms with Gasteiger partial charge in [0.05, 0.1) is 17.0 Å². The third-order valence-electron chi connectivity index (χ3n) is 3.73. The van der Waals surface area contributed by atoms with Crippen LogP contribution in [0.3, 0.4) is 0 Å². The Morgan fingerprint density at radius 1 is 1.57 bits per heavy atom. The van der Waals surface area contributed by atoms with E-state index in [-0.39, 0.29) is 5.95 Å². The van der Waals surface area contributed by atoms with Gasteiger partial charge in [0.1, 0.15) is 23.5 Å². The summed E-state index contributed by atoms with van der Waals surface area (Å²) in [6, 6.07) is 0. The van der Waals surface area contributed by atoms with E-state index in [2.05, 4.69) is 9.97 Å². The molecule has 4 atom stereocenters. The number of aromatic nitrogens is 3. The van der Waals surface area contributed by atoms with Crippen molar-refractivity contribution in [3.05, 3.63) is 17.4 Å². The molecule has 3 heterocycles. The van der Waals surface area contributed by atoms with Crippen LogP contribution in [0.4, 0.5) is 5.95 Å². The molecule has 0 aromatic carbocycles. The molecule has 0 amide bonds. The number of halogens is 1. The maximum atomic E-state index is 10.5. The second-order valence-corrected chi connectivity index (χ2v) is 5.64. The van der Waals surface area contributed by atoms with Gasteiger partial charge in [0.2, 0.25) is 5.95 Å². The van der Waals surface area contributed by atoms with Crippen LogP contribution in [0.1, 0.15) is 13.2 Å². The predicted octanol–water partition coefficient (Wildman–Crippen LogP) is -0.332. The number of hydrogen-bond acceptors (Lipinski definition) is 7. The van der Waals surface area contributed by atoms with Crippen LogP contribution in [-0.2, 0) is 4.74 Å². The molecular formula is C12H15ClN4O4. The van der Waals surface area contributed by atoms with Crippen LogP contribution in [0.25, 0.3) is 11.0 Å². The number of nitrogen functional groups attached to an aromatic ring is 1. The van der Waals surface area contributed by atoms with E-state index in [9.17, 15) is 15.3 Å². The van der Waals surface area contributed by atoms with Gasteiger partial charge in [0.25, 0.3) is 0 Å². The van der Waals surface area contributed by atoms with E-state index >= 15 is 0 Å². The van der Waals surface area contributed by atoms with Gasteiger partial charge in [-0.3, -0.25) is 0 Å². The van der Waals surface area contributed by atoms with Crippen LogP contribution in [0.15, 0.2) is 12.4 Å². The van der Waals surface area contributed by atoms with E-state index in [1.165, 1.54) is 23.9 Å². The van der Waals surface area contributed by atoms with Gasteiger partial charge in [-0.05, 0) is 6.92 Å². The van der Waals surface area contributed by atoms with Crippen molar-refractivity contribution < 1.29 is 20.1 Å². The molecule has 9 heteroatoms. The van der Waals surface area contributed by atoms with Crippen LogP contribution in [0.2, 0.25) is 5.02 Å². The van der Waals surface area contributed by atoms with Crippen molar-refractivity contribution in [1.82, 2.24) is 14.5 Å². The van der Waals surface area contributed by atoms with Crippen molar-refractivity contribution in [2.75, 3.05) is 12.3 Å². The Morgan fingerprint density at radius 2 is 2.29 bits per heavy atom. The second kappa shape index (κ2) is 4.79. The summed E-state index contributed by atoms with van der Waals surface area (Å²) in [4.78, 5) is 7.96. The summed E-state index contributed by atoms with van der Waals surface area (Å²) in [6.45, 7) is 1.00.